The van der Waals surface area contributed by atoms with Gasteiger partial charge in [0.25, 0.3) is 0 Å². The average Bonchev–Trinajstić information content (AvgIpc) is 3.20. The molecule has 0 bridgehead atoms. The Morgan fingerprint density at radius 2 is 1.81 bits per heavy atom. The van der Waals surface area contributed by atoms with Crippen LogP contribution < -0.4 is 5.32 Å². The van der Waals surface area contributed by atoms with Gasteiger partial charge < -0.3 is 5.32 Å². The fraction of sp³-hybridized carbons (Fsp3) is 0. The zero-order valence-electron chi connectivity index (χ0n) is 11.2. The summed E-state index contributed by atoms with van der Waals surface area (Å²) in [4.78, 5) is 0. The molecule has 0 unspecified atom stereocenters. The summed E-state index contributed by atoms with van der Waals surface area (Å²) in [5, 5.41) is 12.0. The van der Waals surface area contributed by atoms with E-state index in [9.17, 15) is 0 Å². The minimum Gasteiger partial charge on any atom is -0.340 e. The number of fused-ring (bicyclic) bond motifs is 1. The monoisotopic (exact) mass is 275 g/mol. The van der Waals surface area contributed by atoms with Gasteiger partial charge in [0.15, 0.2) is 0 Å². The Morgan fingerprint density at radius 3 is 2.71 bits per heavy atom. The lowest BCUT2D eigenvalue weighted by Gasteiger charge is -2.10. The molecule has 0 atom stereocenters. The van der Waals surface area contributed by atoms with Crippen molar-refractivity contribution in [2.75, 3.05) is 5.32 Å². The summed E-state index contributed by atoms with van der Waals surface area (Å²) >= 11 is 0. The summed E-state index contributed by atoms with van der Waals surface area (Å²) < 4.78 is 3.71. The average molecular weight is 275 g/mol. The molecule has 0 spiro atoms. The standard InChI is InChI=1S/C16H13N5/c1-4-13(12-15(6-1)20-11-3-9-17-20)19-16-7-2-5-14-8-10-18-21(14)16/h1-12,19H. The molecule has 4 aromatic rings. The summed E-state index contributed by atoms with van der Waals surface area (Å²) in [5.41, 5.74) is 3.06. The van der Waals surface area contributed by atoms with Gasteiger partial charge in [0, 0.05) is 18.1 Å². The second-order valence-corrected chi connectivity index (χ2v) is 4.70. The minimum absolute atomic E-state index is 0.926. The summed E-state index contributed by atoms with van der Waals surface area (Å²) in [7, 11) is 0. The first-order valence-electron chi connectivity index (χ1n) is 6.70. The Kier molecular flexibility index (Phi) is 2.67. The van der Waals surface area contributed by atoms with Crippen LogP contribution in [0.5, 0.6) is 0 Å². The third-order valence-electron chi connectivity index (χ3n) is 3.31. The number of anilines is 2. The van der Waals surface area contributed by atoms with Crippen LogP contribution >= 0.6 is 0 Å². The molecule has 0 saturated carbocycles. The number of aromatic nitrogens is 4. The number of rotatable bonds is 3. The number of hydrogen-bond acceptors (Lipinski definition) is 3. The number of hydrogen-bond donors (Lipinski definition) is 1. The fourth-order valence-corrected chi connectivity index (χ4v) is 2.34. The highest BCUT2D eigenvalue weighted by Crippen LogP contribution is 2.20. The second-order valence-electron chi connectivity index (χ2n) is 4.70. The first kappa shape index (κ1) is 11.7. The van der Waals surface area contributed by atoms with E-state index in [0.717, 1.165) is 22.7 Å². The first-order chi connectivity index (χ1) is 10.4. The van der Waals surface area contributed by atoms with E-state index in [1.165, 1.54) is 0 Å². The first-order valence-corrected chi connectivity index (χ1v) is 6.70. The maximum Gasteiger partial charge on any atom is 0.132 e. The molecule has 0 aliphatic heterocycles. The van der Waals surface area contributed by atoms with Crippen LogP contribution in [0.15, 0.2) is 73.2 Å². The minimum atomic E-state index is 0.926. The summed E-state index contributed by atoms with van der Waals surface area (Å²) in [6, 6.07) is 18.0. The van der Waals surface area contributed by atoms with Crippen molar-refractivity contribution < 1.29 is 0 Å². The maximum atomic E-state index is 4.32. The molecule has 0 aliphatic carbocycles. The van der Waals surface area contributed by atoms with Gasteiger partial charge in [-0.25, -0.2) is 9.20 Å². The van der Waals surface area contributed by atoms with E-state index in [0.29, 0.717) is 0 Å². The van der Waals surface area contributed by atoms with Crippen LogP contribution in [0.1, 0.15) is 0 Å². The van der Waals surface area contributed by atoms with Crippen molar-refractivity contribution in [1.29, 1.82) is 0 Å². The number of nitrogens with one attached hydrogen (secondary N) is 1. The molecule has 1 aromatic carbocycles. The van der Waals surface area contributed by atoms with Crippen molar-refractivity contribution in [3.8, 4) is 5.69 Å². The van der Waals surface area contributed by atoms with E-state index in [1.807, 2.05) is 63.9 Å². The van der Waals surface area contributed by atoms with Gasteiger partial charge in [-0.3, -0.25) is 0 Å². The van der Waals surface area contributed by atoms with Gasteiger partial charge in [-0.2, -0.15) is 10.2 Å². The molecule has 0 fully saturated rings. The van der Waals surface area contributed by atoms with Gasteiger partial charge in [-0.1, -0.05) is 12.1 Å². The van der Waals surface area contributed by atoms with Crippen molar-refractivity contribution in [3.63, 3.8) is 0 Å². The lowest BCUT2D eigenvalue weighted by atomic mass is 10.2. The normalized spacial score (nSPS) is 10.9. The van der Waals surface area contributed by atoms with E-state index in [1.54, 1.807) is 12.4 Å². The molecule has 5 heteroatoms. The van der Waals surface area contributed by atoms with Crippen LogP contribution in [0.3, 0.4) is 0 Å². The summed E-state index contributed by atoms with van der Waals surface area (Å²) in [6.07, 6.45) is 5.48. The van der Waals surface area contributed by atoms with Crippen LogP contribution in [-0.4, -0.2) is 19.4 Å². The van der Waals surface area contributed by atoms with Gasteiger partial charge in [0.2, 0.25) is 0 Å². The second kappa shape index (κ2) is 4.79. The Hall–Kier alpha value is -3.08. The number of benzene rings is 1. The zero-order valence-corrected chi connectivity index (χ0v) is 11.2. The topological polar surface area (TPSA) is 47.2 Å². The quantitative estimate of drug-likeness (QED) is 0.624. The van der Waals surface area contributed by atoms with Crippen LogP contribution in [-0.2, 0) is 0 Å². The molecular formula is C16H13N5. The molecule has 0 amide bonds. The lowest BCUT2D eigenvalue weighted by Crippen LogP contribution is -2.00. The van der Waals surface area contributed by atoms with Gasteiger partial charge in [-0.05, 0) is 42.5 Å². The Morgan fingerprint density at radius 1 is 0.857 bits per heavy atom. The molecule has 4 rings (SSSR count). The van der Waals surface area contributed by atoms with E-state index in [4.69, 9.17) is 0 Å². The van der Waals surface area contributed by atoms with Crippen molar-refractivity contribution in [2.24, 2.45) is 0 Å². The zero-order chi connectivity index (χ0) is 14.1. The molecule has 21 heavy (non-hydrogen) atoms. The van der Waals surface area contributed by atoms with Crippen LogP contribution in [0.2, 0.25) is 0 Å². The van der Waals surface area contributed by atoms with Crippen LogP contribution in [0.25, 0.3) is 11.2 Å². The smallest absolute Gasteiger partial charge is 0.132 e. The van der Waals surface area contributed by atoms with E-state index < -0.39 is 0 Å². The maximum absolute atomic E-state index is 4.32. The van der Waals surface area contributed by atoms with Crippen LogP contribution in [0.4, 0.5) is 11.5 Å². The molecular weight excluding hydrogens is 262 g/mol. The van der Waals surface area contributed by atoms with Crippen LogP contribution in [0, 0.1) is 0 Å². The SMILES string of the molecule is c1cc(Nc2cccc3ccnn23)cc(-n2cccn2)c1. The molecule has 102 valence electrons. The fourth-order valence-electron chi connectivity index (χ4n) is 2.34. The van der Waals surface area contributed by atoms with E-state index in [2.05, 4.69) is 21.6 Å². The highest BCUT2D eigenvalue weighted by molar-refractivity contribution is 5.63. The third kappa shape index (κ3) is 2.14. The largest absolute Gasteiger partial charge is 0.340 e. The molecule has 1 N–H and O–H groups in total. The van der Waals surface area contributed by atoms with Gasteiger partial charge in [0.05, 0.1) is 17.4 Å². The highest BCUT2D eigenvalue weighted by Gasteiger charge is 2.03. The van der Waals surface area contributed by atoms with Gasteiger partial charge in [-0.15, -0.1) is 0 Å². The van der Waals surface area contributed by atoms with Crippen molar-refractivity contribution in [1.82, 2.24) is 19.4 Å². The van der Waals surface area contributed by atoms with E-state index >= 15 is 0 Å². The van der Waals surface area contributed by atoms with Crippen molar-refractivity contribution in [3.05, 3.63) is 73.2 Å². The van der Waals surface area contributed by atoms with Crippen molar-refractivity contribution in [2.45, 2.75) is 0 Å². The molecule has 3 heterocycles. The predicted molar refractivity (Wildman–Crippen MR) is 82.0 cm³/mol. The molecule has 5 nitrogen and oxygen atoms in total. The Bertz CT molecular complexity index is 876. The number of nitrogens with zero attached hydrogens (tertiary/aromatic N) is 4. The summed E-state index contributed by atoms with van der Waals surface area (Å²) in [6.45, 7) is 0. The van der Waals surface area contributed by atoms with E-state index in [-0.39, 0.29) is 0 Å². The van der Waals surface area contributed by atoms with Crippen molar-refractivity contribution >= 4 is 17.0 Å². The molecule has 0 aliphatic rings. The third-order valence-corrected chi connectivity index (χ3v) is 3.31. The highest BCUT2D eigenvalue weighted by atomic mass is 15.3. The summed E-state index contributed by atoms with van der Waals surface area (Å²) in [5.74, 6) is 0.926. The Balaban J connectivity index is 1.71. The molecule has 3 aromatic heterocycles. The Labute approximate surface area is 121 Å². The van der Waals surface area contributed by atoms with Gasteiger partial charge >= 0.3 is 0 Å². The number of pyridine rings is 1. The van der Waals surface area contributed by atoms with Gasteiger partial charge in [0.1, 0.15) is 5.82 Å². The lowest BCUT2D eigenvalue weighted by molar-refractivity contribution is 0.881. The molecule has 0 saturated heterocycles. The molecule has 0 radical (unpaired) electrons. The predicted octanol–water partition coefficient (Wildman–Crippen LogP) is 3.26.